The van der Waals surface area contributed by atoms with Gasteiger partial charge in [-0.15, -0.1) is 0 Å². The van der Waals surface area contributed by atoms with Crippen LogP contribution in [0.4, 0.5) is 16.2 Å². The van der Waals surface area contributed by atoms with Crippen LogP contribution in [0.25, 0.3) is 0 Å². The van der Waals surface area contributed by atoms with Crippen LogP contribution in [0.2, 0.25) is 5.02 Å². The summed E-state index contributed by atoms with van der Waals surface area (Å²) in [5, 5.41) is 5.76. The second-order valence-corrected chi connectivity index (χ2v) is 10.1. The molecule has 0 spiro atoms. The van der Waals surface area contributed by atoms with Crippen LogP contribution in [0.5, 0.6) is 23.0 Å². The molecule has 3 aromatic rings. The minimum atomic E-state index is -0.519. The normalized spacial score (nSPS) is 12.2. The first-order chi connectivity index (χ1) is 20.7. The summed E-state index contributed by atoms with van der Waals surface area (Å²) in [6.07, 6.45) is 2.72. The number of rotatable bonds is 11. The van der Waals surface area contributed by atoms with Crippen molar-refractivity contribution in [2.45, 2.75) is 39.7 Å². The molecular formula is C32H33ClN2O8. The van der Waals surface area contributed by atoms with Crippen molar-refractivity contribution < 1.29 is 38.1 Å². The fraction of sp³-hybridized carbons (Fsp3) is 0.281. The highest BCUT2D eigenvalue weighted by molar-refractivity contribution is 6.34. The lowest BCUT2D eigenvalue weighted by Gasteiger charge is -2.20. The Morgan fingerprint density at radius 1 is 0.953 bits per heavy atom. The van der Waals surface area contributed by atoms with Gasteiger partial charge in [0.15, 0.2) is 17.2 Å². The first-order valence-corrected chi connectivity index (χ1v) is 13.8. The third-order valence-electron chi connectivity index (χ3n) is 7.00. The molecule has 0 unspecified atom stereocenters. The van der Waals surface area contributed by atoms with E-state index in [1.807, 2.05) is 26.0 Å². The molecule has 0 radical (unpaired) electrons. The molecule has 4 rings (SSSR count). The molecule has 226 valence electrons. The van der Waals surface area contributed by atoms with Crippen LogP contribution in [-0.2, 0) is 22.6 Å². The molecule has 2 amide bonds. The Morgan fingerprint density at radius 2 is 1.65 bits per heavy atom. The molecule has 0 atom stereocenters. The number of anilines is 2. The zero-order valence-electron chi connectivity index (χ0n) is 24.6. The second kappa shape index (κ2) is 14.0. The number of urea groups is 1. The van der Waals surface area contributed by atoms with Crippen LogP contribution in [0.3, 0.4) is 0 Å². The first kappa shape index (κ1) is 31.2. The summed E-state index contributed by atoms with van der Waals surface area (Å²) in [5.74, 6) is 0.405. The van der Waals surface area contributed by atoms with E-state index in [0.29, 0.717) is 52.4 Å². The molecule has 0 fully saturated rings. The van der Waals surface area contributed by atoms with Gasteiger partial charge in [-0.25, -0.2) is 9.59 Å². The number of carbonyl (C=O) groups excluding carboxylic acids is 3. The Balaban J connectivity index is 1.52. The quantitative estimate of drug-likeness (QED) is 0.137. The molecule has 0 aliphatic carbocycles. The minimum Gasteiger partial charge on any atom is -0.496 e. The molecule has 1 aliphatic heterocycles. The van der Waals surface area contributed by atoms with Crippen molar-refractivity contribution >= 4 is 40.9 Å². The van der Waals surface area contributed by atoms with E-state index >= 15 is 0 Å². The average Bonchev–Trinajstić information content (AvgIpc) is 3.39. The van der Waals surface area contributed by atoms with Crippen LogP contribution in [0.1, 0.15) is 46.8 Å². The summed E-state index contributed by atoms with van der Waals surface area (Å²) in [4.78, 5) is 38.4. The number of fused-ring (bicyclic) bond motifs is 1. The highest BCUT2D eigenvalue weighted by Crippen LogP contribution is 2.42. The van der Waals surface area contributed by atoms with E-state index in [4.69, 9.17) is 35.3 Å². The van der Waals surface area contributed by atoms with Crippen molar-refractivity contribution in [1.29, 1.82) is 0 Å². The summed E-state index contributed by atoms with van der Waals surface area (Å²) < 4.78 is 27.0. The number of para-hydroxylation sites is 1. The average molecular weight is 609 g/mol. The van der Waals surface area contributed by atoms with Gasteiger partial charge in [-0.05, 0) is 56.5 Å². The largest absolute Gasteiger partial charge is 0.496 e. The van der Waals surface area contributed by atoms with Crippen LogP contribution in [0.15, 0.2) is 54.1 Å². The van der Waals surface area contributed by atoms with Gasteiger partial charge in [-0.2, -0.15) is 0 Å². The molecule has 1 heterocycles. The van der Waals surface area contributed by atoms with Gasteiger partial charge in [0.05, 0.1) is 32.6 Å². The number of ether oxygens (including phenoxy) is 5. The Bertz CT molecular complexity index is 1570. The predicted octanol–water partition coefficient (Wildman–Crippen LogP) is 6.86. The van der Waals surface area contributed by atoms with Crippen molar-refractivity contribution in [3.63, 3.8) is 0 Å². The standard InChI is InChI=1S/C32H33ClN2O8/c1-18(12-16-25(36)43-23-14-15-24(39-3)30(41-5)27(23)33)11-13-21-28(35-32(38)34-20-9-7-6-8-10-20)26-22(17-42-31(26)37)19(2)29(21)40-4/h6-11,14-15H,12-13,16-17H2,1-5H3,(H2,34,35,38)/b18-11+. The van der Waals surface area contributed by atoms with E-state index < -0.39 is 18.0 Å². The van der Waals surface area contributed by atoms with Crippen molar-refractivity contribution in [3.05, 3.63) is 81.4 Å². The molecule has 1 aliphatic rings. The third kappa shape index (κ3) is 7.03. The molecule has 10 nitrogen and oxygen atoms in total. The monoisotopic (exact) mass is 608 g/mol. The minimum absolute atomic E-state index is 0.0876. The SMILES string of the molecule is COc1ccc(OC(=O)CC/C(C)=C/Cc2c(NC(=O)Nc3ccccc3)c3c(c(C)c2OC)COC3=O)c(Cl)c1OC. The summed E-state index contributed by atoms with van der Waals surface area (Å²) in [7, 11) is 4.47. The molecular weight excluding hydrogens is 576 g/mol. The van der Waals surface area contributed by atoms with Gasteiger partial charge in [0, 0.05) is 23.2 Å². The number of hydrogen-bond donors (Lipinski definition) is 2. The predicted molar refractivity (Wildman–Crippen MR) is 163 cm³/mol. The maximum absolute atomic E-state index is 13.0. The Hall–Kier alpha value is -4.70. The zero-order chi connectivity index (χ0) is 31.1. The number of hydrogen-bond acceptors (Lipinski definition) is 8. The molecule has 2 N–H and O–H groups in total. The van der Waals surface area contributed by atoms with Gasteiger partial charge in [0.25, 0.3) is 0 Å². The molecule has 0 saturated carbocycles. The summed E-state index contributed by atoms with van der Waals surface area (Å²) in [6.45, 7) is 3.82. The van der Waals surface area contributed by atoms with E-state index in [-0.39, 0.29) is 29.5 Å². The number of methoxy groups -OCH3 is 3. The van der Waals surface area contributed by atoms with E-state index in [0.717, 1.165) is 11.1 Å². The Morgan fingerprint density at radius 3 is 2.33 bits per heavy atom. The van der Waals surface area contributed by atoms with E-state index in [2.05, 4.69) is 10.6 Å². The van der Waals surface area contributed by atoms with Gasteiger partial charge >= 0.3 is 18.0 Å². The number of halogens is 1. The number of allylic oxidation sites excluding steroid dienone is 2. The van der Waals surface area contributed by atoms with E-state index in [1.54, 1.807) is 36.4 Å². The fourth-order valence-electron chi connectivity index (χ4n) is 4.79. The highest BCUT2D eigenvalue weighted by atomic mass is 35.5. The first-order valence-electron chi connectivity index (χ1n) is 13.5. The van der Waals surface area contributed by atoms with Crippen LogP contribution >= 0.6 is 11.6 Å². The van der Waals surface area contributed by atoms with Gasteiger partial charge in [0.1, 0.15) is 17.4 Å². The van der Waals surface area contributed by atoms with Gasteiger partial charge in [0.2, 0.25) is 0 Å². The number of cyclic esters (lactones) is 1. The fourth-order valence-corrected chi connectivity index (χ4v) is 5.06. The van der Waals surface area contributed by atoms with Crippen LogP contribution < -0.4 is 29.6 Å². The number of amides is 2. The third-order valence-corrected chi connectivity index (χ3v) is 7.36. The molecule has 0 aromatic heterocycles. The molecule has 3 aromatic carbocycles. The maximum atomic E-state index is 13.0. The Labute approximate surface area is 254 Å². The number of esters is 2. The van der Waals surface area contributed by atoms with E-state index in [1.165, 1.54) is 21.3 Å². The lowest BCUT2D eigenvalue weighted by atomic mass is 9.93. The van der Waals surface area contributed by atoms with Crippen molar-refractivity contribution in [2.24, 2.45) is 0 Å². The van der Waals surface area contributed by atoms with Gasteiger partial charge < -0.3 is 34.3 Å². The second-order valence-electron chi connectivity index (χ2n) is 9.73. The van der Waals surface area contributed by atoms with Crippen molar-refractivity contribution in [2.75, 3.05) is 32.0 Å². The summed E-state index contributed by atoms with van der Waals surface area (Å²) >= 11 is 6.33. The number of carbonyl (C=O) groups is 3. The maximum Gasteiger partial charge on any atom is 0.341 e. The lowest BCUT2D eigenvalue weighted by Crippen LogP contribution is -2.22. The molecule has 0 saturated heterocycles. The molecule has 43 heavy (non-hydrogen) atoms. The molecule has 0 bridgehead atoms. The van der Waals surface area contributed by atoms with Crippen molar-refractivity contribution in [1.82, 2.24) is 0 Å². The zero-order valence-corrected chi connectivity index (χ0v) is 25.3. The van der Waals surface area contributed by atoms with E-state index in [9.17, 15) is 14.4 Å². The Kier molecular flexibility index (Phi) is 10.2. The highest BCUT2D eigenvalue weighted by Gasteiger charge is 2.32. The van der Waals surface area contributed by atoms with Gasteiger partial charge in [-0.3, -0.25) is 4.79 Å². The number of benzene rings is 3. The van der Waals surface area contributed by atoms with Gasteiger partial charge in [-0.1, -0.05) is 41.4 Å². The lowest BCUT2D eigenvalue weighted by molar-refractivity contribution is -0.134. The molecule has 11 heteroatoms. The van der Waals surface area contributed by atoms with Crippen LogP contribution in [0, 0.1) is 6.92 Å². The number of nitrogens with one attached hydrogen (secondary N) is 2. The summed E-state index contributed by atoms with van der Waals surface area (Å²) in [6, 6.07) is 11.6. The van der Waals surface area contributed by atoms with Crippen molar-refractivity contribution in [3.8, 4) is 23.0 Å². The summed E-state index contributed by atoms with van der Waals surface area (Å²) in [5.41, 5.74) is 4.14. The van der Waals surface area contributed by atoms with Crippen LogP contribution in [-0.4, -0.2) is 39.3 Å². The topological polar surface area (TPSA) is 121 Å². The smallest absolute Gasteiger partial charge is 0.341 e.